The summed E-state index contributed by atoms with van der Waals surface area (Å²) in [4.78, 5) is 13.2. The minimum absolute atomic E-state index is 0.110. The zero-order valence-electron chi connectivity index (χ0n) is 13.7. The molecule has 23 heavy (non-hydrogen) atoms. The van der Waals surface area contributed by atoms with Gasteiger partial charge in [-0.15, -0.1) is 0 Å². The van der Waals surface area contributed by atoms with Gasteiger partial charge in [-0.25, -0.2) is 17.5 Å². The van der Waals surface area contributed by atoms with Gasteiger partial charge in [0.15, 0.2) is 0 Å². The van der Waals surface area contributed by atoms with Crippen molar-refractivity contribution in [2.24, 2.45) is 0 Å². The van der Waals surface area contributed by atoms with Crippen LogP contribution in [-0.2, 0) is 21.2 Å². The average Bonchev–Trinajstić information content (AvgIpc) is 2.50. The molecule has 0 aliphatic carbocycles. The van der Waals surface area contributed by atoms with Crippen LogP contribution in [0.5, 0.6) is 0 Å². The van der Waals surface area contributed by atoms with E-state index in [1.807, 2.05) is 6.92 Å². The lowest BCUT2D eigenvalue weighted by atomic mass is 10.1. The van der Waals surface area contributed by atoms with Crippen molar-refractivity contribution in [2.45, 2.75) is 33.1 Å². The minimum atomic E-state index is -3.27. The first-order valence-electron chi connectivity index (χ1n) is 7.81. The molecule has 1 rings (SSSR count). The zero-order chi connectivity index (χ0) is 17.3. The van der Waals surface area contributed by atoms with Gasteiger partial charge in [-0.3, -0.25) is 4.79 Å². The van der Waals surface area contributed by atoms with Gasteiger partial charge in [-0.05, 0) is 30.5 Å². The summed E-state index contributed by atoms with van der Waals surface area (Å²) >= 11 is 0. The highest BCUT2D eigenvalue weighted by Gasteiger charge is 2.12. The van der Waals surface area contributed by atoms with Gasteiger partial charge in [0.2, 0.25) is 15.9 Å². The molecule has 0 heterocycles. The number of sulfonamides is 1. The van der Waals surface area contributed by atoms with Crippen molar-refractivity contribution in [1.29, 1.82) is 0 Å². The number of amides is 1. The Hall–Kier alpha value is -1.47. The Morgan fingerprint density at radius 1 is 1.22 bits per heavy atom. The van der Waals surface area contributed by atoms with E-state index < -0.39 is 10.0 Å². The Morgan fingerprint density at radius 3 is 2.43 bits per heavy atom. The van der Waals surface area contributed by atoms with Crippen LogP contribution in [0.15, 0.2) is 24.3 Å². The van der Waals surface area contributed by atoms with Gasteiger partial charge in [0.25, 0.3) is 0 Å². The van der Waals surface area contributed by atoms with E-state index in [-0.39, 0.29) is 24.0 Å². The molecule has 0 spiro atoms. The van der Waals surface area contributed by atoms with E-state index in [0.29, 0.717) is 25.9 Å². The lowest BCUT2D eigenvalue weighted by Gasteiger charge is -2.21. The summed E-state index contributed by atoms with van der Waals surface area (Å²) in [6.45, 7) is 4.38. The molecule has 1 amide bonds. The summed E-state index contributed by atoms with van der Waals surface area (Å²) in [5, 5.41) is 0. The minimum Gasteiger partial charge on any atom is -0.341 e. The maximum Gasteiger partial charge on any atom is 0.219 e. The van der Waals surface area contributed by atoms with Gasteiger partial charge in [0, 0.05) is 26.6 Å². The molecular weight excluding hydrogens is 319 g/mol. The maximum atomic E-state index is 12.9. The Labute approximate surface area is 137 Å². The predicted octanol–water partition coefficient (Wildman–Crippen LogP) is 1.94. The van der Waals surface area contributed by atoms with Crippen LogP contribution in [0.2, 0.25) is 0 Å². The largest absolute Gasteiger partial charge is 0.341 e. The van der Waals surface area contributed by atoms with Gasteiger partial charge in [-0.2, -0.15) is 0 Å². The second kappa shape index (κ2) is 9.62. The molecule has 0 bridgehead atoms. The first kappa shape index (κ1) is 19.6. The van der Waals surface area contributed by atoms with E-state index in [0.717, 1.165) is 12.0 Å². The second-order valence-corrected chi connectivity index (χ2v) is 7.38. The number of rotatable bonds is 10. The lowest BCUT2D eigenvalue weighted by Crippen LogP contribution is -2.39. The number of carbonyl (C=O) groups is 1. The molecule has 0 saturated heterocycles. The van der Waals surface area contributed by atoms with Crippen LogP contribution in [0.3, 0.4) is 0 Å². The number of hydrogen-bond acceptors (Lipinski definition) is 3. The fourth-order valence-electron chi connectivity index (χ4n) is 2.08. The van der Waals surface area contributed by atoms with E-state index in [4.69, 9.17) is 0 Å². The quantitative estimate of drug-likeness (QED) is 0.705. The fourth-order valence-corrected chi connectivity index (χ4v) is 3.30. The summed E-state index contributed by atoms with van der Waals surface area (Å²) in [5.41, 5.74) is 0.932. The monoisotopic (exact) mass is 344 g/mol. The van der Waals surface area contributed by atoms with Crippen LogP contribution in [0.4, 0.5) is 4.39 Å². The molecule has 0 atom stereocenters. The van der Waals surface area contributed by atoms with Crippen LogP contribution in [0, 0.1) is 5.82 Å². The Balaban J connectivity index is 2.43. The number of halogens is 1. The highest BCUT2D eigenvalue weighted by molar-refractivity contribution is 7.89. The topological polar surface area (TPSA) is 66.5 Å². The summed E-state index contributed by atoms with van der Waals surface area (Å²) < 4.78 is 38.8. The average molecular weight is 344 g/mol. The molecule has 0 aromatic heterocycles. The third kappa shape index (κ3) is 8.08. The van der Waals surface area contributed by atoms with Crippen molar-refractivity contribution in [3.8, 4) is 0 Å². The molecule has 0 radical (unpaired) electrons. The molecule has 130 valence electrons. The van der Waals surface area contributed by atoms with Crippen LogP contribution in [0.25, 0.3) is 0 Å². The van der Waals surface area contributed by atoms with Gasteiger partial charge in [-0.1, -0.05) is 25.5 Å². The van der Waals surface area contributed by atoms with E-state index in [2.05, 4.69) is 4.72 Å². The maximum absolute atomic E-state index is 12.9. The summed E-state index contributed by atoms with van der Waals surface area (Å²) in [6, 6.07) is 6.13. The number of nitrogens with zero attached hydrogens (tertiary/aromatic N) is 1. The number of nitrogens with one attached hydrogen (secondary N) is 1. The molecule has 1 N–H and O–H groups in total. The first-order chi connectivity index (χ1) is 10.8. The number of carbonyl (C=O) groups excluding carboxylic acids is 1. The van der Waals surface area contributed by atoms with Gasteiger partial charge in [0.1, 0.15) is 5.82 Å². The lowest BCUT2D eigenvalue weighted by molar-refractivity contribution is -0.128. The Kier molecular flexibility index (Phi) is 8.19. The standard InChI is InChI=1S/C16H25FN2O3S/c1-3-4-13-23(21,22)18-10-12-19(14(2)20)11-9-15-5-7-16(17)8-6-15/h5-8,18H,3-4,9-13H2,1-2H3. The predicted molar refractivity (Wildman–Crippen MR) is 89.1 cm³/mol. The van der Waals surface area contributed by atoms with Crippen molar-refractivity contribution < 1.29 is 17.6 Å². The van der Waals surface area contributed by atoms with Gasteiger partial charge < -0.3 is 4.90 Å². The molecule has 1 aromatic carbocycles. The van der Waals surface area contributed by atoms with E-state index in [1.54, 1.807) is 17.0 Å². The second-order valence-electron chi connectivity index (χ2n) is 5.45. The SMILES string of the molecule is CCCCS(=O)(=O)NCCN(CCc1ccc(F)cc1)C(C)=O. The molecular formula is C16H25FN2O3S. The number of unbranched alkanes of at least 4 members (excludes halogenated alkanes) is 1. The van der Waals surface area contributed by atoms with E-state index in [9.17, 15) is 17.6 Å². The first-order valence-corrected chi connectivity index (χ1v) is 9.46. The fraction of sp³-hybridized carbons (Fsp3) is 0.562. The highest BCUT2D eigenvalue weighted by Crippen LogP contribution is 2.05. The van der Waals surface area contributed by atoms with Crippen molar-refractivity contribution in [2.75, 3.05) is 25.4 Å². The van der Waals surface area contributed by atoms with E-state index in [1.165, 1.54) is 19.1 Å². The van der Waals surface area contributed by atoms with Crippen molar-refractivity contribution in [3.05, 3.63) is 35.6 Å². The summed E-state index contributed by atoms with van der Waals surface area (Å²) in [5.74, 6) is -0.294. The third-order valence-corrected chi connectivity index (χ3v) is 4.97. The Bertz CT molecular complexity index is 588. The molecule has 1 aromatic rings. The molecule has 0 fully saturated rings. The number of hydrogen-bond donors (Lipinski definition) is 1. The normalized spacial score (nSPS) is 11.4. The summed E-state index contributed by atoms with van der Waals surface area (Å²) in [6.07, 6.45) is 2.04. The van der Waals surface area contributed by atoms with Gasteiger partial charge in [0.05, 0.1) is 5.75 Å². The Morgan fingerprint density at radius 2 is 1.87 bits per heavy atom. The zero-order valence-corrected chi connectivity index (χ0v) is 14.5. The third-order valence-electron chi connectivity index (χ3n) is 3.50. The highest BCUT2D eigenvalue weighted by atomic mass is 32.2. The van der Waals surface area contributed by atoms with E-state index >= 15 is 0 Å². The van der Waals surface area contributed by atoms with Crippen LogP contribution in [-0.4, -0.2) is 44.6 Å². The van der Waals surface area contributed by atoms with Gasteiger partial charge >= 0.3 is 0 Å². The molecule has 5 nitrogen and oxygen atoms in total. The smallest absolute Gasteiger partial charge is 0.219 e. The molecule has 0 aliphatic rings. The molecule has 7 heteroatoms. The van der Waals surface area contributed by atoms with Crippen molar-refractivity contribution in [1.82, 2.24) is 9.62 Å². The van der Waals surface area contributed by atoms with Crippen LogP contribution in [0.1, 0.15) is 32.3 Å². The molecule has 0 aliphatic heterocycles. The van der Waals surface area contributed by atoms with Crippen molar-refractivity contribution >= 4 is 15.9 Å². The number of benzene rings is 1. The van der Waals surface area contributed by atoms with Crippen LogP contribution < -0.4 is 4.72 Å². The molecule has 0 unspecified atom stereocenters. The van der Waals surface area contributed by atoms with Crippen LogP contribution >= 0.6 is 0 Å². The summed E-state index contributed by atoms with van der Waals surface area (Å²) in [7, 11) is -3.27. The molecule has 0 saturated carbocycles. The van der Waals surface area contributed by atoms with Crippen molar-refractivity contribution in [3.63, 3.8) is 0 Å².